The maximum atomic E-state index is 12.4. The summed E-state index contributed by atoms with van der Waals surface area (Å²) in [7, 11) is 0. The number of amides is 2. The monoisotopic (exact) mass is 304 g/mol. The van der Waals surface area contributed by atoms with E-state index in [1.54, 1.807) is 24.3 Å². The quantitative estimate of drug-likeness (QED) is 0.687. The van der Waals surface area contributed by atoms with Crippen LogP contribution in [-0.4, -0.2) is 29.3 Å². The number of hydrogen-bond donors (Lipinski definition) is 1. The molecule has 1 aliphatic heterocycles. The number of nitrogens with zero attached hydrogens (tertiary/aromatic N) is 1. The van der Waals surface area contributed by atoms with E-state index in [4.69, 9.17) is 11.6 Å². The molecule has 0 radical (unpaired) electrons. The Morgan fingerprint density at radius 2 is 2.29 bits per heavy atom. The van der Waals surface area contributed by atoms with E-state index >= 15 is 0 Å². The lowest BCUT2D eigenvalue weighted by Gasteiger charge is -2.23. The number of hydrogen-bond acceptors (Lipinski definition) is 2. The van der Waals surface area contributed by atoms with E-state index in [1.807, 2.05) is 13.0 Å². The first-order chi connectivity index (χ1) is 10.1. The maximum absolute atomic E-state index is 12.4. The van der Waals surface area contributed by atoms with E-state index < -0.39 is 6.04 Å². The first kappa shape index (κ1) is 15.3. The lowest BCUT2D eigenvalue weighted by molar-refractivity contribution is -0.131. The van der Waals surface area contributed by atoms with Crippen LogP contribution in [0.3, 0.4) is 0 Å². The zero-order valence-corrected chi connectivity index (χ0v) is 12.6. The maximum Gasteiger partial charge on any atom is 0.251 e. The first-order valence-electron chi connectivity index (χ1n) is 6.75. The highest BCUT2D eigenvalue weighted by atomic mass is 35.5. The minimum Gasteiger partial charge on any atom is -0.324 e. The zero-order chi connectivity index (χ0) is 15.4. The second-order valence-electron chi connectivity index (χ2n) is 4.71. The number of benzene rings is 1. The van der Waals surface area contributed by atoms with Gasteiger partial charge < -0.3 is 10.2 Å². The van der Waals surface area contributed by atoms with Crippen molar-refractivity contribution in [3.63, 3.8) is 0 Å². The highest BCUT2D eigenvalue weighted by molar-refractivity contribution is 6.31. The Morgan fingerprint density at radius 1 is 1.52 bits per heavy atom. The third kappa shape index (κ3) is 3.34. The number of nitrogens with one attached hydrogen (secondary N) is 1. The molecule has 5 heteroatoms. The molecule has 0 saturated carbocycles. The van der Waals surface area contributed by atoms with Crippen LogP contribution in [0.25, 0.3) is 0 Å². The zero-order valence-electron chi connectivity index (χ0n) is 11.8. The Hall–Kier alpha value is -2.07. The van der Waals surface area contributed by atoms with Crippen molar-refractivity contribution in [1.82, 2.24) is 4.90 Å². The summed E-state index contributed by atoms with van der Waals surface area (Å²) in [5, 5.41) is 3.41. The number of rotatable bonds is 4. The van der Waals surface area contributed by atoms with Gasteiger partial charge in [0.1, 0.15) is 6.04 Å². The predicted molar refractivity (Wildman–Crippen MR) is 84.3 cm³/mol. The summed E-state index contributed by atoms with van der Waals surface area (Å²) in [6.45, 7) is 5.87. The van der Waals surface area contributed by atoms with Gasteiger partial charge in [-0.2, -0.15) is 0 Å². The Morgan fingerprint density at radius 3 is 2.95 bits per heavy atom. The summed E-state index contributed by atoms with van der Waals surface area (Å²) < 4.78 is 0. The number of aryl methyl sites for hydroxylation is 1. The van der Waals surface area contributed by atoms with Crippen LogP contribution in [-0.2, 0) is 16.0 Å². The van der Waals surface area contributed by atoms with Crippen LogP contribution >= 0.6 is 11.6 Å². The normalized spacial score (nSPS) is 16.9. The second kappa shape index (κ2) is 6.59. The summed E-state index contributed by atoms with van der Waals surface area (Å²) >= 11 is 5.98. The molecule has 1 atom stereocenters. The van der Waals surface area contributed by atoms with Gasteiger partial charge in [-0.3, -0.25) is 9.59 Å². The van der Waals surface area contributed by atoms with Gasteiger partial charge in [0.25, 0.3) is 5.91 Å². The summed E-state index contributed by atoms with van der Waals surface area (Å²) in [5.74, 6) is -0.516. The van der Waals surface area contributed by atoms with Crippen molar-refractivity contribution in [3.05, 3.63) is 53.6 Å². The molecule has 21 heavy (non-hydrogen) atoms. The number of carbonyl (C=O) groups excluding carboxylic acids is 2. The largest absolute Gasteiger partial charge is 0.324 e. The SMILES string of the molecule is C=CC(=O)N1CC=C[C@H]1C(=O)Nc1cc(Cl)ccc1CC. The fourth-order valence-electron chi connectivity index (χ4n) is 2.27. The van der Waals surface area contributed by atoms with Gasteiger partial charge in [0.2, 0.25) is 5.91 Å². The van der Waals surface area contributed by atoms with Gasteiger partial charge in [-0.05, 0) is 30.2 Å². The van der Waals surface area contributed by atoms with Crippen LogP contribution < -0.4 is 5.32 Å². The molecule has 0 fully saturated rings. The smallest absolute Gasteiger partial charge is 0.251 e. The minimum absolute atomic E-state index is 0.254. The van der Waals surface area contributed by atoms with Gasteiger partial charge in [0, 0.05) is 17.3 Å². The van der Waals surface area contributed by atoms with Gasteiger partial charge in [0.05, 0.1) is 0 Å². The molecular weight excluding hydrogens is 288 g/mol. The fourth-order valence-corrected chi connectivity index (χ4v) is 2.45. The van der Waals surface area contributed by atoms with Crippen molar-refractivity contribution in [3.8, 4) is 0 Å². The first-order valence-corrected chi connectivity index (χ1v) is 7.13. The average Bonchev–Trinajstić information content (AvgIpc) is 2.96. The standard InChI is InChI=1S/C16H17ClN2O2/c1-3-11-7-8-12(17)10-13(11)18-16(21)14-6-5-9-19(14)15(20)4-2/h4-8,10,14H,2-3,9H2,1H3,(H,18,21)/t14-/m0/s1. The van der Waals surface area contributed by atoms with Crippen LogP contribution in [0.15, 0.2) is 43.0 Å². The van der Waals surface area contributed by atoms with E-state index in [0.29, 0.717) is 17.3 Å². The van der Waals surface area contributed by atoms with E-state index in [2.05, 4.69) is 11.9 Å². The summed E-state index contributed by atoms with van der Waals surface area (Å²) in [5.41, 5.74) is 1.68. The van der Waals surface area contributed by atoms with Gasteiger partial charge in [-0.1, -0.05) is 43.3 Å². The van der Waals surface area contributed by atoms with Crippen LogP contribution in [0, 0.1) is 0 Å². The molecule has 1 aromatic carbocycles. The van der Waals surface area contributed by atoms with E-state index in [9.17, 15) is 9.59 Å². The number of anilines is 1. The van der Waals surface area contributed by atoms with Gasteiger partial charge in [0.15, 0.2) is 0 Å². The van der Waals surface area contributed by atoms with Crippen LogP contribution in [0.5, 0.6) is 0 Å². The Bertz CT molecular complexity index is 610. The second-order valence-corrected chi connectivity index (χ2v) is 5.15. The molecule has 0 bridgehead atoms. The molecule has 0 spiro atoms. The topological polar surface area (TPSA) is 49.4 Å². The van der Waals surface area contributed by atoms with E-state index in [0.717, 1.165) is 12.0 Å². The highest BCUT2D eigenvalue weighted by Crippen LogP contribution is 2.23. The van der Waals surface area contributed by atoms with Gasteiger partial charge in [-0.15, -0.1) is 0 Å². The molecule has 4 nitrogen and oxygen atoms in total. The van der Waals surface area contributed by atoms with E-state index in [-0.39, 0.29) is 11.8 Å². The average molecular weight is 305 g/mol. The van der Waals surface area contributed by atoms with Crippen molar-refractivity contribution in [2.24, 2.45) is 0 Å². The molecule has 110 valence electrons. The minimum atomic E-state index is -0.612. The van der Waals surface area contributed by atoms with Crippen molar-refractivity contribution in [1.29, 1.82) is 0 Å². The number of carbonyl (C=O) groups is 2. The molecule has 1 heterocycles. The summed E-state index contributed by atoms with van der Waals surface area (Å²) in [6, 6.07) is 4.78. The van der Waals surface area contributed by atoms with Crippen LogP contribution in [0.4, 0.5) is 5.69 Å². The van der Waals surface area contributed by atoms with Gasteiger partial charge >= 0.3 is 0 Å². The third-order valence-corrected chi connectivity index (χ3v) is 3.63. The molecule has 0 saturated heterocycles. The Labute approximate surface area is 129 Å². The van der Waals surface area contributed by atoms with Crippen molar-refractivity contribution >= 4 is 29.1 Å². The molecule has 2 rings (SSSR count). The Kier molecular flexibility index (Phi) is 4.81. The fraction of sp³-hybridized carbons (Fsp3) is 0.250. The van der Waals surface area contributed by atoms with Crippen LogP contribution in [0.2, 0.25) is 5.02 Å². The molecular formula is C16H17ClN2O2. The highest BCUT2D eigenvalue weighted by Gasteiger charge is 2.29. The van der Waals surface area contributed by atoms with E-state index in [1.165, 1.54) is 11.0 Å². The molecule has 1 N–H and O–H groups in total. The molecule has 1 aliphatic rings. The molecule has 0 unspecified atom stereocenters. The molecule has 0 aromatic heterocycles. The lowest BCUT2D eigenvalue weighted by Crippen LogP contribution is -2.42. The van der Waals surface area contributed by atoms with Crippen LogP contribution in [0.1, 0.15) is 12.5 Å². The summed E-state index contributed by atoms with van der Waals surface area (Å²) in [6.07, 6.45) is 5.50. The molecule has 1 aromatic rings. The predicted octanol–water partition coefficient (Wildman–Crippen LogP) is 2.79. The Balaban J connectivity index is 2.18. The molecule has 2 amide bonds. The third-order valence-electron chi connectivity index (χ3n) is 3.39. The van der Waals surface area contributed by atoms with Crippen molar-refractivity contribution < 1.29 is 9.59 Å². The lowest BCUT2D eigenvalue weighted by atomic mass is 10.1. The van der Waals surface area contributed by atoms with Crippen molar-refractivity contribution in [2.45, 2.75) is 19.4 Å². The number of halogens is 1. The summed E-state index contributed by atoms with van der Waals surface area (Å²) in [4.78, 5) is 25.6. The van der Waals surface area contributed by atoms with Crippen molar-refractivity contribution in [2.75, 3.05) is 11.9 Å². The van der Waals surface area contributed by atoms with Gasteiger partial charge in [-0.25, -0.2) is 0 Å². The molecule has 0 aliphatic carbocycles.